The van der Waals surface area contributed by atoms with E-state index in [-0.39, 0.29) is 186 Å². The number of carbonyl (C=O) groups is 2. The number of benzene rings is 5. The Hall–Kier alpha value is -6.58. The number of ether oxygens (including phenoxy) is 15. The van der Waals surface area contributed by atoms with Crippen LogP contribution >= 0.6 is 69.7 Å². The van der Waals surface area contributed by atoms with Crippen molar-refractivity contribution in [1.82, 2.24) is 24.5 Å². The number of nitrogens with zero attached hydrogens (tertiary/aromatic N) is 8. The Bertz CT molecular complexity index is 5430. The van der Waals surface area contributed by atoms with E-state index in [1.807, 2.05) is 60.7 Å². The molecule has 1 fully saturated rings. The first kappa shape index (κ1) is 139. The molecule has 1 saturated heterocycles. The van der Waals surface area contributed by atoms with Gasteiger partial charge < -0.3 is 110 Å². The van der Waals surface area contributed by atoms with Crippen molar-refractivity contribution < 1.29 is 189 Å². The van der Waals surface area contributed by atoms with Crippen molar-refractivity contribution in [2.24, 2.45) is 0 Å². The Balaban J connectivity index is -0.00000169. The van der Waals surface area contributed by atoms with Crippen LogP contribution < -0.4 is 141 Å². The van der Waals surface area contributed by atoms with E-state index < -0.39 is 48.1 Å². The zero-order chi connectivity index (χ0) is 105. The zero-order valence-corrected chi connectivity index (χ0v) is 99.0. The number of nitrogens with one attached hydrogen (secondary N) is 1. The number of nitrogen functional groups attached to an aromatic ring is 3. The van der Waals surface area contributed by atoms with Crippen molar-refractivity contribution in [3.63, 3.8) is 0 Å². The van der Waals surface area contributed by atoms with Crippen molar-refractivity contribution in [1.29, 1.82) is 0 Å². The molecule has 2 amide bonds. The number of aromatic hydroxyl groups is 1. The van der Waals surface area contributed by atoms with E-state index in [0.717, 1.165) is 64.1 Å². The molecule has 3 aliphatic rings. The van der Waals surface area contributed by atoms with Crippen molar-refractivity contribution in [3.8, 4) is 75.1 Å². The third-order valence-corrected chi connectivity index (χ3v) is 18.6. The number of nitro groups is 2. The second-order valence-electron chi connectivity index (χ2n) is 27.3. The molecular formula is C93H129BrCl3K3N12O28P3Ti. The number of aryl methyl sites for hydroxylation is 2. The zero-order valence-electron chi connectivity index (χ0n) is 81.9. The van der Waals surface area contributed by atoms with Gasteiger partial charge >= 0.3 is 186 Å². The normalized spacial score (nSPS) is 11.9. The molecule has 779 valence electrons. The number of aromatic amines is 1. The van der Waals surface area contributed by atoms with Gasteiger partial charge in [0.25, 0.3) is 0 Å². The third-order valence-electron chi connectivity index (χ3n) is 18.1. The second kappa shape index (κ2) is 84.2. The van der Waals surface area contributed by atoms with Crippen molar-refractivity contribution in [2.75, 3.05) is 167 Å². The van der Waals surface area contributed by atoms with E-state index in [1.54, 1.807) is 119 Å². The van der Waals surface area contributed by atoms with Gasteiger partial charge in [0.05, 0.1) is 64.1 Å². The summed E-state index contributed by atoms with van der Waals surface area (Å²) in [4.78, 5) is 77.1. The van der Waals surface area contributed by atoms with Gasteiger partial charge in [-0.2, -0.15) is 15.0 Å². The molecule has 12 rings (SSSR count). The fraction of sp³-hybridized carbons (Fsp3) is 0.355. The number of aliphatic hydroxyl groups excluding tert-OH is 2. The van der Waals surface area contributed by atoms with Gasteiger partial charge in [-0.3, -0.25) is 34.6 Å². The van der Waals surface area contributed by atoms with Crippen LogP contribution in [0, 0.1) is 20.2 Å². The summed E-state index contributed by atoms with van der Waals surface area (Å²) in [7, 11) is 28.7. The number of hydrogen-bond donors (Lipinski definition) is 9. The van der Waals surface area contributed by atoms with Gasteiger partial charge in [0, 0.05) is 69.6 Å². The number of H-pyrrole nitrogens is 1. The van der Waals surface area contributed by atoms with Crippen LogP contribution in [0.25, 0.3) is 11.0 Å². The van der Waals surface area contributed by atoms with Crippen LogP contribution in [-0.2, 0) is 72.6 Å². The Morgan fingerprint density at radius 1 is 0.611 bits per heavy atom. The number of fused-ring (bicyclic) bond motifs is 7. The Morgan fingerprint density at radius 2 is 1.03 bits per heavy atom. The molecule has 4 aromatic heterocycles. The monoisotopic (exact) mass is 2300 g/mol. The Kier molecular flexibility index (Phi) is 81.5. The summed E-state index contributed by atoms with van der Waals surface area (Å²) in [6.45, 7) is 22.4. The predicted molar refractivity (Wildman–Crippen MR) is 573 cm³/mol. The van der Waals surface area contributed by atoms with Crippen LogP contribution in [0.2, 0.25) is 0 Å². The SMILES string of the molecule is C.C.C1CCOC1.C=CCBr.C=CCOc1cc(CCO)ccc1OC.C=CCOc1cc(N(CCc2ccc(OC)c(OCC=C)c2)C(=O)OCC)c([N+](=O)[O-])c(N)n1.CCOC(=O)N1CCc2ccc(OC)c(c2)OC/C=C/COc2cc1c([N+](=O)[O-])c(N)n2.COc1ccc(CCO)cc1O.COc1ccc2cc1OC/C=C/COc1cc3c([nH]c(=O)n3CC2)c(N)n1.OOO.PPP.[Cl][Ti]([Cl])[Cl].[H-].[K+].[K][K]. The topological polar surface area (TPSA) is 530 Å². The van der Waals surface area contributed by atoms with Crippen LogP contribution in [0.15, 0.2) is 189 Å². The number of pyridine rings is 3. The molecule has 40 nitrogen and oxygen atoms in total. The number of halogens is 4. The molecule has 144 heavy (non-hydrogen) atoms. The number of alkyl halides is 1. The number of methoxy groups -OCH3 is 5. The van der Waals surface area contributed by atoms with E-state index in [2.05, 4.69) is 85.1 Å². The number of nitrogens with two attached hydrogens (primary N) is 3. The fourth-order valence-corrected chi connectivity index (χ4v) is 12.0. The molecule has 3 aliphatic heterocycles. The molecular weight excluding hydrogens is 2180 g/mol. The number of carbonyl (C=O) groups excluding carboxylic acids is 2. The molecule has 2 unspecified atom stereocenters. The van der Waals surface area contributed by atoms with E-state index >= 15 is 0 Å². The molecule has 12 N–H and O–H groups in total. The first-order chi connectivity index (χ1) is 68.0. The van der Waals surface area contributed by atoms with Crippen LogP contribution in [0.1, 0.15) is 70.8 Å². The molecule has 2 atom stereocenters. The number of imidazole rings is 1. The Morgan fingerprint density at radius 3 is 1.45 bits per heavy atom. The number of phenolic OH excluding ortho intramolecular Hbond substituents is 1. The minimum absolute atomic E-state index is 0. The molecule has 7 heterocycles. The van der Waals surface area contributed by atoms with Gasteiger partial charge in [-0.05, 0) is 172 Å². The number of amides is 2. The predicted octanol–water partition coefficient (Wildman–Crippen LogP) is 14.9. The fourth-order valence-electron chi connectivity index (χ4n) is 12.0. The van der Waals surface area contributed by atoms with Crippen molar-refractivity contribution in [3.05, 3.63) is 243 Å². The maximum atomic E-state index is 12.8. The van der Waals surface area contributed by atoms with Gasteiger partial charge in [-0.1, -0.05) is 118 Å². The van der Waals surface area contributed by atoms with Crippen LogP contribution in [0.5, 0.6) is 75.1 Å². The van der Waals surface area contributed by atoms with Gasteiger partial charge in [0.2, 0.25) is 29.3 Å². The quantitative estimate of drug-likeness (QED) is 0.00439. The first-order valence-electron chi connectivity index (χ1n) is 43.2. The average Bonchev–Trinajstić information content (AvgIpc) is 1.65. The summed E-state index contributed by atoms with van der Waals surface area (Å²) in [6.07, 6.45) is 17.2. The second-order valence-corrected chi connectivity index (χ2v) is 40.0. The van der Waals surface area contributed by atoms with Crippen LogP contribution in [0.4, 0.5) is 49.8 Å². The minimum atomic E-state index is -1.92. The molecule has 0 aliphatic carbocycles. The van der Waals surface area contributed by atoms with E-state index in [1.165, 1.54) is 108 Å². The summed E-state index contributed by atoms with van der Waals surface area (Å²) < 4.78 is 82.1. The third kappa shape index (κ3) is 52.7. The standard InChI is InChI=1S/C23H28N4O7.C21H24N4O7.C19H20N4O4.C12H16O3.C9H12O3.C4H8O.C3H5Br.2CH4.3ClH.3K.H2O3.H5P3.Ti.H/c1-5-12-33-19-14-16(8-9-18(19)31-4)10-11-26(23(28)32-7-3)17-15-20(34-13-6-2)25-22(24)21(17)27(29)30;1-3-30-21(26)24-9-8-14-6-7-16(29-2)17(12-14)31-10-4-5-11-32-18-13-15(24)19(25(27)28)20(22)23-18;1-25-14-5-4-12-6-7-23-13-11-16(21-18(20)17(13)22-19(23)24)27-9-3-2-8-26-15(14)10-12;1-3-8-15-12-9-10(6-7-13)4-5-11(12)14-2;1-12-9-3-2-7(4-5-10)6-8(9)11;1-2-4-5-3-1;1-2-3-4;;;;;;;;;2*1-3-2;;/h5-6,8-9,14-15H,1-2,7,10-13H2,3-4H3,(H2,24,25);4-7,12-13H,3,8-11H2,1-2H3,(H2,22,23);2-5,10-11H,6-9H2,1H3,(H2,20,21)(H,22,24);3-5,9,13H,1,6-8H2,2H3;2-3,6,10-11H,4-5H2,1H3;1-4H2;2H,1,3H2;2*1H4;3*1H;;;;1-2H;3H,1-2H2;;/q;;;;;;;;;;;;;;+1;;;+3;-1/p-3/b;5-4+;3-2+;;;;;;;;;;;;;;;;. The number of aromatic nitrogens is 5. The van der Waals surface area contributed by atoms with Gasteiger partial charge in [-0.25, -0.2) is 24.9 Å². The molecule has 0 saturated carbocycles. The number of aliphatic hydroxyl groups is 2. The van der Waals surface area contributed by atoms with Gasteiger partial charge in [-0.15, -0.1) is 24.4 Å². The maximum absolute atomic E-state index is 12.8. The van der Waals surface area contributed by atoms with Crippen LogP contribution in [0.3, 0.4) is 0 Å². The van der Waals surface area contributed by atoms with E-state index in [4.69, 9.17) is 137 Å². The Labute approximate surface area is 961 Å². The summed E-state index contributed by atoms with van der Waals surface area (Å²) in [5.41, 5.74) is 22.0. The number of rotatable bonds is 27. The van der Waals surface area contributed by atoms with Crippen molar-refractivity contribution >= 4 is 196 Å². The summed E-state index contributed by atoms with van der Waals surface area (Å²) >= 11 is 3.71. The number of phenols is 1. The number of anilines is 5. The number of hydrogen-bond acceptors (Lipinski definition) is 34. The molecule has 9 aromatic rings. The molecule has 8 bridgehead atoms. The summed E-state index contributed by atoms with van der Waals surface area (Å²) in [6, 6.07) is 31.5. The molecule has 5 aromatic carbocycles. The van der Waals surface area contributed by atoms with Gasteiger partial charge in [0.1, 0.15) is 63.1 Å². The molecule has 0 spiro atoms. The van der Waals surface area contributed by atoms with E-state index in [9.17, 15) is 39.7 Å². The van der Waals surface area contributed by atoms with E-state index in [0.29, 0.717) is 127 Å². The van der Waals surface area contributed by atoms with Crippen LogP contribution in [-0.4, -0.2) is 275 Å². The number of allylic oxidation sites excluding steroid dienone is 1. The van der Waals surface area contributed by atoms with Crippen molar-refractivity contribution in [2.45, 2.75) is 80.2 Å². The molecule has 0 radical (unpaired) electrons. The summed E-state index contributed by atoms with van der Waals surface area (Å²) in [5, 5.41) is 66.6. The molecule has 51 heteroatoms. The average molecular weight is 2310 g/mol. The van der Waals surface area contributed by atoms with Gasteiger partial charge in [0.15, 0.2) is 63.3 Å². The summed E-state index contributed by atoms with van der Waals surface area (Å²) in [5.74, 6) is 5.31. The first-order valence-corrected chi connectivity index (χ1v) is 71.4.